The van der Waals surface area contributed by atoms with Crippen molar-refractivity contribution in [1.82, 2.24) is 0 Å². The average Bonchev–Trinajstić information content (AvgIpc) is 2.26. The maximum atomic E-state index is 5.76. The summed E-state index contributed by atoms with van der Waals surface area (Å²) in [5.41, 5.74) is 2.83. The third-order valence-electron chi connectivity index (χ3n) is 2.73. The lowest BCUT2D eigenvalue weighted by Crippen LogP contribution is -2.15. The summed E-state index contributed by atoms with van der Waals surface area (Å²) in [4.78, 5) is 0. The Hall–Kier alpha value is -1.08. The monoisotopic (exact) mass is 188 g/mol. The molecule has 0 amide bonds. The molecule has 1 atom stereocenters. The van der Waals surface area contributed by atoms with Crippen LogP contribution in [0.1, 0.15) is 30.1 Å². The van der Waals surface area contributed by atoms with E-state index in [9.17, 15) is 0 Å². The van der Waals surface area contributed by atoms with Gasteiger partial charge >= 0.3 is 0 Å². The summed E-state index contributed by atoms with van der Waals surface area (Å²) < 4.78 is 5.76. The summed E-state index contributed by atoms with van der Waals surface area (Å²) in [7, 11) is 0. The number of allylic oxidation sites excluding steroid dienone is 1. The van der Waals surface area contributed by atoms with Crippen molar-refractivity contribution in [3.05, 3.63) is 48.0 Å². The van der Waals surface area contributed by atoms with E-state index in [1.54, 1.807) is 0 Å². The molecule has 0 aromatic heterocycles. The van der Waals surface area contributed by atoms with Crippen molar-refractivity contribution >= 4 is 0 Å². The zero-order chi connectivity index (χ0) is 9.80. The molecule has 0 radical (unpaired) electrons. The quantitative estimate of drug-likeness (QED) is 0.661. The van der Waals surface area contributed by atoms with Gasteiger partial charge in [-0.15, -0.1) is 6.58 Å². The summed E-state index contributed by atoms with van der Waals surface area (Å²) >= 11 is 0. The fourth-order valence-corrected chi connectivity index (χ4v) is 1.98. The van der Waals surface area contributed by atoms with Crippen LogP contribution in [0.2, 0.25) is 0 Å². The second kappa shape index (κ2) is 4.43. The van der Waals surface area contributed by atoms with E-state index in [0.717, 1.165) is 25.9 Å². The summed E-state index contributed by atoms with van der Waals surface area (Å²) in [5.74, 6) is 0. The minimum absolute atomic E-state index is 0.290. The normalized spacial score (nSPS) is 20.1. The number of ether oxygens (including phenoxy) is 1. The number of fused-ring (bicyclic) bond motifs is 1. The van der Waals surface area contributed by atoms with E-state index < -0.39 is 0 Å². The van der Waals surface area contributed by atoms with Crippen LogP contribution in [0.25, 0.3) is 0 Å². The molecule has 0 N–H and O–H groups in total. The molecule has 0 spiro atoms. The molecule has 1 unspecified atom stereocenters. The Morgan fingerprint density at radius 1 is 1.43 bits per heavy atom. The Labute approximate surface area is 85.4 Å². The van der Waals surface area contributed by atoms with Crippen molar-refractivity contribution in [2.75, 3.05) is 6.61 Å². The van der Waals surface area contributed by atoms with Gasteiger partial charge in [0, 0.05) is 0 Å². The minimum atomic E-state index is 0.290. The second-order valence-electron chi connectivity index (χ2n) is 3.67. The van der Waals surface area contributed by atoms with Gasteiger partial charge in [-0.2, -0.15) is 0 Å². The molecule has 1 aromatic carbocycles. The predicted molar refractivity (Wildman–Crippen MR) is 58.3 cm³/mol. The van der Waals surface area contributed by atoms with Gasteiger partial charge in [-0.3, -0.25) is 0 Å². The van der Waals surface area contributed by atoms with Crippen molar-refractivity contribution < 1.29 is 4.74 Å². The van der Waals surface area contributed by atoms with Crippen molar-refractivity contribution in [2.45, 2.75) is 25.4 Å². The van der Waals surface area contributed by atoms with Crippen LogP contribution < -0.4 is 0 Å². The van der Waals surface area contributed by atoms with Crippen LogP contribution in [0.5, 0.6) is 0 Å². The second-order valence-corrected chi connectivity index (χ2v) is 3.67. The maximum Gasteiger partial charge on any atom is 0.0830 e. The molecule has 1 nitrogen and oxygen atoms in total. The van der Waals surface area contributed by atoms with E-state index in [2.05, 4.69) is 30.8 Å². The highest BCUT2D eigenvalue weighted by Crippen LogP contribution is 2.30. The summed E-state index contributed by atoms with van der Waals surface area (Å²) in [6, 6.07) is 8.59. The van der Waals surface area contributed by atoms with Crippen molar-refractivity contribution in [1.29, 1.82) is 0 Å². The molecular formula is C13H16O. The van der Waals surface area contributed by atoms with Crippen LogP contribution in [-0.4, -0.2) is 6.61 Å². The van der Waals surface area contributed by atoms with Gasteiger partial charge in [0.15, 0.2) is 0 Å². The topological polar surface area (TPSA) is 9.23 Å². The standard InChI is InChI=1S/C13H16O/c1-2-3-8-13-12-7-5-4-6-11(12)9-10-14-13/h2,4-7,13H,1,3,8-10H2. The lowest BCUT2D eigenvalue weighted by Gasteiger charge is -2.25. The van der Waals surface area contributed by atoms with E-state index in [-0.39, 0.29) is 6.10 Å². The van der Waals surface area contributed by atoms with E-state index in [4.69, 9.17) is 4.74 Å². The lowest BCUT2D eigenvalue weighted by molar-refractivity contribution is 0.0372. The zero-order valence-electron chi connectivity index (χ0n) is 8.41. The van der Waals surface area contributed by atoms with Gasteiger partial charge in [0.2, 0.25) is 0 Å². The van der Waals surface area contributed by atoms with E-state index in [0.29, 0.717) is 0 Å². The predicted octanol–water partition coefficient (Wildman–Crippen LogP) is 3.27. The number of hydrogen-bond donors (Lipinski definition) is 0. The largest absolute Gasteiger partial charge is 0.373 e. The van der Waals surface area contributed by atoms with Gasteiger partial charge < -0.3 is 4.74 Å². The molecule has 1 heteroatoms. The Morgan fingerprint density at radius 3 is 3.14 bits per heavy atom. The molecule has 0 saturated heterocycles. The van der Waals surface area contributed by atoms with Crippen molar-refractivity contribution in [2.24, 2.45) is 0 Å². The first-order valence-electron chi connectivity index (χ1n) is 5.22. The smallest absolute Gasteiger partial charge is 0.0830 e. The summed E-state index contributed by atoms with van der Waals surface area (Å²) in [5, 5.41) is 0. The maximum absolute atomic E-state index is 5.76. The molecule has 1 aromatic rings. The highest BCUT2D eigenvalue weighted by molar-refractivity contribution is 5.30. The fraction of sp³-hybridized carbons (Fsp3) is 0.385. The molecule has 14 heavy (non-hydrogen) atoms. The average molecular weight is 188 g/mol. The third-order valence-corrected chi connectivity index (χ3v) is 2.73. The Morgan fingerprint density at radius 2 is 2.29 bits per heavy atom. The highest BCUT2D eigenvalue weighted by Gasteiger charge is 2.18. The van der Waals surface area contributed by atoms with Gasteiger partial charge in [0.25, 0.3) is 0 Å². The van der Waals surface area contributed by atoms with Crippen LogP contribution in [0.15, 0.2) is 36.9 Å². The van der Waals surface area contributed by atoms with Gasteiger partial charge in [0.1, 0.15) is 0 Å². The van der Waals surface area contributed by atoms with Crippen LogP contribution >= 0.6 is 0 Å². The molecule has 2 rings (SSSR count). The van der Waals surface area contributed by atoms with Gasteiger partial charge in [-0.05, 0) is 30.4 Å². The molecule has 74 valence electrons. The first-order chi connectivity index (χ1) is 6.92. The lowest BCUT2D eigenvalue weighted by atomic mass is 9.95. The molecular weight excluding hydrogens is 172 g/mol. The van der Waals surface area contributed by atoms with E-state index >= 15 is 0 Å². The Balaban J connectivity index is 2.17. The van der Waals surface area contributed by atoms with Gasteiger partial charge in [0.05, 0.1) is 12.7 Å². The molecule has 1 aliphatic heterocycles. The molecule has 1 heterocycles. The molecule has 0 aliphatic carbocycles. The number of rotatable bonds is 3. The number of benzene rings is 1. The third kappa shape index (κ3) is 1.88. The SMILES string of the molecule is C=CCCC1OCCc2ccccc21. The summed E-state index contributed by atoms with van der Waals surface area (Å²) in [6.45, 7) is 4.61. The Kier molecular flexibility index (Phi) is 3.00. The Bertz CT molecular complexity index is 317. The molecule has 1 aliphatic rings. The highest BCUT2D eigenvalue weighted by atomic mass is 16.5. The minimum Gasteiger partial charge on any atom is -0.373 e. The van der Waals surface area contributed by atoms with Crippen LogP contribution in [-0.2, 0) is 11.2 Å². The zero-order valence-corrected chi connectivity index (χ0v) is 8.41. The first kappa shape index (κ1) is 9.47. The van der Waals surface area contributed by atoms with E-state index in [1.165, 1.54) is 11.1 Å². The van der Waals surface area contributed by atoms with Gasteiger partial charge in [-0.25, -0.2) is 0 Å². The van der Waals surface area contributed by atoms with Crippen LogP contribution in [0.4, 0.5) is 0 Å². The fourth-order valence-electron chi connectivity index (χ4n) is 1.98. The van der Waals surface area contributed by atoms with Crippen molar-refractivity contribution in [3.63, 3.8) is 0 Å². The van der Waals surface area contributed by atoms with Crippen molar-refractivity contribution in [3.8, 4) is 0 Å². The van der Waals surface area contributed by atoms with Crippen LogP contribution in [0, 0.1) is 0 Å². The molecule has 0 bridgehead atoms. The number of hydrogen-bond acceptors (Lipinski definition) is 1. The first-order valence-corrected chi connectivity index (χ1v) is 5.22. The van der Waals surface area contributed by atoms with Crippen LogP contribution in [0.3, 0.4) is 0 Å². The summed E-state index contributed by atoms with van der Waals surface area (Å²) in [6.07, 6.45) is 5.39. The molecule has 0 saturated carbocycles. The molecule has 0 fully saturated rings. The van der Waals surface area contributed by atoms with Gasteiger partial charge in [-0.1, -0.05) is 30.3 Å². The van der Waals surface area contributed by atoms with E-state index in [1.807, 2.05) is 6.08 Å².